The predicted molar refractivity (Wildman–Crippen MR) is 64.2 cm³/mol. The quantitative estimate of drug-likeness (QED) is 0.763. The molecule has 0 bridgehead atoms. The Morgan fingerprint density at radius 2 is 1.71 bits per heavy atom. The first kappa shape index (κ1) is 13.8. The number of carbonyl (C=O) groups excluding carboxylic acids is 1. The summed E-state index contributed by atoms with van der Waals surface area (Å²) in [4.78, 5) is 11.6. The van der Waals surface area contributed by atoms with E-state index in [2.05, 4.69) is 0 Å². The molecule has 3 heteroatoms. The van der Waals surface area contributed by atoms with Crippen molar-refractivity contribution in [3.63, 3.8) is 0 Å². The molecule has 0 saturated heterocycles. The van der Waals surface area contributed by atoms with Gasteiger partial charge in [0.2, 0.25) is 5.92 Å². The highest BCUT2D eigenvalue weighted by Crippen LogP contribution is 2.35. The minimum Gasteiger partial charge on any atom is -0.299 e. The Morgan fingerprint density at radius 3 is 2.12 bits per heavy atom. The van der Waals surface area contributed by atoms with E-state index in [4.69, 9.17) is 0 Å². The van der Waals surface area contributed by atoms with E-state index in [9.17, 15) is 13.6 Å². The molecule has 17 heavy (non-hydrogen) atoms. The van der Waals surface area contributed by atoms with Crippen LogP contribution in [0.25, 0.3) is 0 Å². The fourth-order valence-electron chi connectivity index (χ4n) is 2.04. The third-order valence-corrected chi connectivity index (χ3v) is 2.99. The Hall–Kier alpha value is -1.25. The van der Waals surface area contributed by atoms with Crippen LogP contribution < -0.4 is 0 Å². The summed E-state index contributed by atoms with van der Waals surface area (Å²) >= 11 is 0. The first-order valence-electron chi connectivity index (χ1n) is 5.66. The van der Waals surface area contributed by atoms with Gasteiger partial charge in [-0.1, -0.05) is 37.3 Å². The van der Waals surface area contributed by atoms with Gasteiger partial charge in [0.05, 0.1) is 0 Å². The average molecular weight is 240 g/mol. The van der Waals surface area contributed by atoms with E-state index < -0.39 is 17.8 Å². The second kappa shape index (κ2) is 4.94. The number of carbonyl (C=O) groups is 1. The number of alkyl halides is 2. The third kappa shape index (κ3) is 4.25. The van der Waals surface area contributed by atoms with Gasteiger partial charge in [-0.3, -0.25) is 4.79 Å². The van der Waals surface area contributed by atoms with E-state index >= 15 is 0 Å². The Labute approximate surface area is 101 Å². The van der Waals surface area contributed by atoms with Crippen LogP contribution in [0.3, 0.4) is 0 Å². The second-order valence-corrected chi connectivity index (χ2v) is 5.03. The molecule has 1 aromatic rings. The minimum absolute atomic E-state index is 0.192. The normalized spacial score (nSPS) is 15.4. The van der Waals surface area contributed by atoms with Crippen molar-refractivity contribution in [3.05, 3.63) is 35.9 Å². The highest BCUT2D eigenvalue weighted by atomic mass is 19.3. The zero-order valence-electron chi connectivity index (χ0n) is 10.5. The van der Waals surface area contributed by atoms with E-state index in [1.807, 2.05) is 30.3 Å². The monoisotopic (exact) mass is 240 g/mol. The Kier molecular flexibility index (Phi) is 4.02. The van der Waals surface area contributed by atoms with Crippen LogP contribution in [0.15, 0.2) is 30.3 Å². The molecule has 94 valence electrons. The van der Waals surface area contributed by atoms with Gasteiger partial charge >= 0.3 is 0 Å². The highest BCUT2D eigenvalue weighted by Gasteiger charge is 2.39. The van der Waals surface area contributed by atoms with Crippen molar-refractivity contribution in [2.24, 2.45) is 5.41 Å². The molecule has 0 radical (unpaired) electrons. The van der Waals surface area contributed by atoms with Crippen molar-refractivity contribution in [1.82, 2.24) is 0 Å². The lowest BCUT2D eigenvalue weighted by atomic mass is 9.76. The van der Waals surface area contributed by atoms with Gasteiger partial charge in [0.15, 0.2) is 0 Å². The van der Waals surface area contributed by atoms with Crippen molar-refractivity contribution in [3.8, 4) is 0 Å². The Balaban J connectivity index is 2.90. The maximum absolute atomic E-state index is 13.1. The molecular formula is C14H18F2O. The van der Waals surface area contributed by atoms with Gasteiger partial charge in [0, 0.05) is 11.8 Å². The molecule has 0 amide bonds. The predicted octanol–water partition coefficient (Wildman–Crippen LogP) is 3.87. The summed E-state index contributed by atoms with van der Waals surface area (Å²) in [6.45, 7) is 3.85. The van der Waals surface area contributed by atoms with Crippen LogP contribution in [0.5, 0.6) is 0 Å². The summed E-state index contributed by atoms with van der Waals surface area (Å²) < 4.78 is 26.3. The summed E-state index contributed by atoms with van der Waals surface area (Å²) in [6.07, 6.45) is -0.0587. The molecular weight excluding hydrogens is 222 g/mol. The van der Waals surface area contributed by atoms with Crippen LogP contribution in [0.2, 0.25) is 0 Å². The molecule has 0 aliphatic heterocycles. The number of hydrogen-bond donors (Lipinski definition) is 0. The molecule has 0 spiro atoms. The first-order chi connectivity index (χ1) is 7.73. The van der Waals surface area contributed by atoms with E-state index in [1.54, 1.807) is 6.92 Å². The number of rotatable bonds is 5. The molecule has 1 unspecified atom stereocenters. The fraction of sp³-hybridized carbons (Fsp3) is 0.500. The zero-order valence-corrected chi connectivity index (χ0v) is 10.5. The molecule has 1 atom stereocenters. The van der Waals surface area contributed by atoms with Crippen LogP contribution in [0.4, 0.5) is 8.78 Å². The van der Waals surface area contributed by atoms with Crippen molar-refractivity contribution in [1.29, 1.82) is 0 Å². The molecule has 0 aliphatic rings. The Bertz CT molecular complexity index is 381. The zero-order chi connectivity index (χ0) is 13.1. The summed E-state index contributed by atoms with van der Waals surface area (Å²) in [6, 6.07) is 9.27. The second-order valence-electron chi connectivity index (χ2n) is 5.03. The van der Waals surface area contributed by atoms with Crippen LogP contribution >= 0.6 is 0 Å². The summed E-state index contributed by atoms with van der Waals surface area (Å²) in [5.41, 5.74) is -0.0889. The van der Waals surface area contributed by atoms with Crippen LogP contribution in [0.1, 0.15) is 32.8 Å². The lowest BCUT2D eigenvalue weighted by molar-refractivity contribution is -0.131. The molecule has 0 aromatic heterocycles. The molecule has 0 N–H and O–H groups in total. The molecule has 0 saturated carbocycles. The number of ketones is 1. The summed E-state index contributed by atoms with van der Waals surface area (Å²) in [5.74, 6) is -3.02. The van der Waals surface area contributed by atoms with Gasteiger partial charge in [0.1, 0.15) is 5.78 Å². The Morgan fingerprint density at radius 1 is 1.18 bits per heavy atom. The molecule has 0 heterocycles. The largest absolute Gasteiger partial charge is 0.299 e. The van der Waals surface area contributed by atoms with Crippen molar-refractivity contribution in [2.75, 3.05) is 0 Å². The summed E-state index contributed by atoms with van der Waals surface area (Å²) in [5, 5.41) is 0. The lowest BCUT2D eigenvalue weighted by Gasteiger charge is -2.29. The van der Waals surface area contributed by atoms with Gasteiger partial charge in [-0.15, -0.1) is 0 Å². The van der Waals surface area contributed by atoms with Crippen LogP contribution in [-0.4, -0.2) is 11.7 Å². The van der Waals surface area contributed by atoms with Gasteiger partial charge in [-0.05, 0) is 25.8 Å². The van der Waals surface area contributed by atoms with Gasteiger partial charge < -0.3 is 0 Å². The minimum atomic E-state index is -2.82. The topological polar surface area (TPSA) is 17.1 Å². The highest BCUT2D eigenvalue weighted by molar-refractivity contribution is 5.82. The van der Waals surface area contributed by atoms with E-state index in [0.717, 1.165) is 12.5 Å². The molecule has 1 aromatic carbocycles. The first-order valence-corrected chi connectivity index (χ1v) is 5.66. The van der Waals surface area contributed by atoms with Crippen LogP contribution in [0, 0.1) is 5.41 Å². The number of benzene rings is 1. The smallest absolute Gasteiger partial charge is 0.246 e. The molecule has 1 nitrogen and oxygen atoms in total. The molecule has 0 aliphatic carbocycles. The van der Waals surface area contributed by atoms with E-state index in [-0.39, 0.29) is 5.78 Å². The molecule has 0 fully saturated rings. The maximum Gasteiger partial charge on any atom is 0.246 e. The standard InChI is InChI=1S/C14H18F2O/c1-11(17)13(2,10-14(3,15)16)9-12-7-5-4-6-8-12/h4-8H,9-10H2,1-3H3. The fourth-order valence-corrected chi connectivity index (χ4v) is 2.04. The lowest BCUT2D eigenvalue weighted by Crippen LogP contribution is -2.34. The maximum atomic E-state index is 13.1. The van der Waals surface area contributed by atoms with E-state index in [0.29, 0.717) is 6.42 Å². The van der Waals surface area contributed by atoms with Gasteiger partial charge in [0.25, 0.3) is 0 Å². The van der Waals surface area contributed by atoms with Gasteiger partial charge in [-0.25, -0.2) is 8.78 Å². The number of halogens is 2. The van der Waals surface area contributed by atoms with E-state index in [1.165, 1.54) is 6.92 Å². The van der Waals surface area contributed by atoms with Gasteiger partial charge in [-0.2, -0.15) is 0 Å². The SMILES string of the molecule is CC(=O)C(C)(Cc1ccccc1)CC(C)(F)F. The van der Waals surface area contributed by atoms with Crippen molar-refractivity contribution >= 4 is 5.78 Å². The van der Waals surface area contributed by atoms with Crippen molar-refractivity contribution < 1.29 is 13.6 Å². The number of Topliss-reactive ketones (excluding diaryl/α,β-unsaturated/α-hetero) is 1. The van der Waals surface area contributed by atoms with Crippen LogP contribution in [-0.2, 0) is 11.2 Å². The van der Waals surface area contributed by atoms with Crippen molar-refractivity contribution in [2.45, 2.75) is 39.5 Å². The summed E-state index contributed by atoms with van der Waals surface area (Å²) in [7, 11) is 0. The average Bonchev–Trinajstić information content (AvgIpc) is 2.15. The third-order valence-electron chi connectivity index (χ3n) is 2.99. The molecule has 1 rings (SSSR count). The number of hydrogen-bond acceptors (Lipinski definition) is 1.